The van der Waals surface area contributed by atoms with Gasteiger partial charge in [-0.25, -0.2) is 8.42 Å². The molecule has 0 unspecified atom stereocenters. The van der Waals surface area contributed by atoms with E-state index in [0.717, 1.165) is 56.8 Å². The highest BCUT2D eigenvalue weighted by molar-refractivity contribution is 7.92. The van der Waals surface area contributed by atoms with Gasteiger partial charge in [-0.3, -0.25) is 4.72 Å². The Morgan fingerprint density at radius 3 is 2.32 bits per heavy atom. The molecular weight excluding hydrogens is 394 g/mol. The average Bonchev–Trinajstić information content (AvgIpc) is 2.73. The maximum atomic E-state index is 12.9. The Bertz CT molecular complexity index is 863. The van der Waals surface area contributed by atoms with E-state index in [1.807, 2.05) is 36.4 Å². The molecule has 0 saturated carbocycles. The van der Waals surface area contributed by atoms with E-state index in [-0.39, 0.29) is 4.90 Å². The summed E-state index contributed by atoms with van der Waals surface area (Å²) < 4.78 is 28.6. The molecule has 2 aromatic rings. The van der Waals surface area contributed by atoms with E-state index in [4.69, 9.17) is 11.6 Å². The molecule has 0 bridgehead atoms. The van der Waals surface area contributed by atoms with Gasteiger partial charge in [0.15, 0.2) is 0 Å². The van der Waals surface area contributed by atoms with Crippen LogP contribution in [0.15, 0.2) is 53.4 Å². The fourth-order valence-electron chi connectivity index (χ4n) is 3.45. The molecule has 7 heteroatoms. The lowest BCUT2D eigenvalue weighted by Crippen LogP contribution is -2.46. The predicted octanol–water partition coefficient (Wildman–Crippen LogP) is 3.80. The first kappa shape index (κ1) is 21.0. The minimum absolute atomic E-state index is 0.271. The van der Waals surface area contributed by atoms with Crippen molar-refractivity contribution in [3.05, 3.63) is 54.1 Å². The summed E-state index contributed by atoms with van der Waals surface area (Å²) in [5.41, 5.74) is 2.65. The van der Waals surface area contributed by atoms with Crippen LogP contribution in [0.1, 0.15) is 18.9 Å². The Labute approximate surface area is 173 Å². The summed E-state index contributed by atoms with van der Waals surface area (Å²) in [5, 5.41) is 0. The van der Waals surface area contributed by atoms with Gasteiger partial charge in [0, 0.05) is 32.1 Å². The van der Waals surface area contributed by atoms with Crippen LogP contribution in [-0.2, 0) is 16.4 Å². The molecule has 0 aromatic heterocycles. The number of nitrogens with one attached hydrogen (secondary N) is 1. The van der Waals surface area contributed by atoms with E-state index in [1.165, 1.54) is 0 Å². The maximum absolute atomic E-state index is 12.9. The highest BCUT2D eigenvalue weighted by atomic mass is 35.5. The highest BCUT2D eigenvalue weighted by Crippen LogP contribution is 2.29. The Kier molecular flexibility index (Phi) is 7.21. The number of para-hydroxylation sites is 2. The second-order valence-corrected chi connectivity index (χ2v) is 9.04. The predicted molar refractivity (Wildman–Crippen MR) is 117 cm³/mol. The first-order chi connectivity index (χ1) is 13.5. The van der Waals surface area contributed by atoms with Crippen LogP contribution >= 0.6 is 11.6 Å². The lowest BCUT2D eigenvalue weighted by molar-refractivity contribution is 0.271. The monoisotopic (exact) mass is 421 g/mol. The average molecular weight is 422 g/mol. The van der Waals surface area contributed by atoms with Crippen molar-refractivity contribution in [3.63, 3.8) is 0 Å². The minimum Gasteiger partial charge on any atom is -0.367 e. The van der Waals surface area contributed by atoms with E-state index < -0.39 is 10.0 Å². The maximum Gasteiger partial charge on any atom is 0.261 e. The van der Waals surface area contributed by atoms with Crippen molar-refractivity contribution >= 4 is 33.0 Å². The van der Waals surface area contributed by atoms with Crippen LogP contribution < -0.4 is 9.62 Å². The lowest BCUT2D eigenvalue weighted by atomic mass is 10.1. The van der Waals surface area contributed by atoms with Crippen molar-refractivity contribution in [2.45, 2.75) is 24.7 Å². The van der Waals surface area contributed by atoms with E-state index in [1.54, 1.807) is 12.1 Å². The summed E-state index contributed by atoms with van der Waals surface area (Å²) in [4.78, 5) is 4.92. The molecule has 28 heavy (non-hydrogen) atoms. The number of aryl methyl sites for hydroxylation is 1. The molecule has 0 radical (unpaired) electrons. The molecule has 1 heterocycles. The van der Waals surface area contributed by atoms with Gasteiger partial charge in [-0.1, -0.05) is 31.2 Å². The first-order valence-electron chi connectivity index (χ1n) is 9.77. The third-order valence-electron chi connectivity index (χ3n) is 5.14. The molecule has 1 aliphatic rings. The molecule has 0 aliphatic carbocycles. The van der Waals surface area contributed by atoms with Gasteiger partial charge in [0.1, 0.15) is 0 Å². The van der Waals surface area contributed by atoms with Crippen molar-refractivity contribution < 1.29 is 8.42 Å². The molecule has 0 atom stereocenters. The van der Waals surface area contributed by atoms with Crippen molar-refractivity contribution in [1.82, 2.24) is 4.90 Å². The number of sulfonamides is 1. The largest absolute Gasteiger partial charge is 0.367 e. The molecule has 2 aromatic carbocycles. The molecule has 0 spiro atoms. The molecule has 3 rings (SSSR count). The number of anilines is 2. The fraction of sp³-hybridized carbons (Fsp3) is 0.429. The van der Waals surface area contributed by atoms with Crippen LogP contribution in [0.5, 0.6) is 0 Å². The molecule has 0 amide bonds. The molecule has 1 saturated heterocycles. The number of alkyl halides is 1. The van der Waals surface area contributed by atoms with Crippen LogP contribution in [0.25, 0.3) is 0 Å². The number of likely N-dealkylation sites (N-methyl/N-ethyl adjacent to an activating group) is 1. The quantitative estimate of drug-likeness (QED) is 0.658. The molecular formula is C21H28ClN3O2S. The summed E-state index contributed by atoms with van der Waals surface area (Å²) in [6, 6.07) is 14.7. The van der Waals surface area contributed by atoms with Gasteiger partial charge in [-0.15, -0.1) is 11.6 Å². The van der Waals surface area contributed by atoms with Gasteiger partial charge in [-0.05, 0) is 49.2 Å². The zero-order valence-corrected chi connectivity index (χ0v) is 17.8. The Hall–Kier alpha value is -1.76. The van der Waals surface area contributed by atoms with E-state index in [2.05, 4.69) is 21.4 Å². The number of benzene rings is 2. The van der Waals surface area contributed by atoms with Gasteiger partial charge in [0.25, 0.3) is 10.0 Å². The van der Waals surface area contributed by atoms with Crippen LogP contribution in [0, 0.1) is 0 Å². The van der Waals surface area contributed by atoms with Crippen molar-refractivity contribution in [2.24, 2.45) is 0 Å². The molecule has 152 valence electrons. The molecule has 1 N–H and O–H groups in total. The zero-order chi connectivity index (χ0) is 20.0. The highest BCUT2D eigenvalue weighted by Gasteiger charge is 2.21. The lowest BCUT2D eigenvalue weighted by Gasteiger charge is -2.36. The zero-order valence-electron chi connectivity index (χ0n) is 16.3. The van der Waals surface area contributed by atoms with E-state index in [9.17, 15) is 8.42 Å². The van der Waals surface area contributed by atoms with Crippen LogP contribution in [0.4, 0.5) is 11.4 Å². The Morgan fingerprint density at radius 2 is 1.68 bits per heavy atom. The van der Waals surface area contributed by atoms with Gasteiger partial charge >= 0.3 is 0 Å². The van der Waals surface area contributed by atoms with Crippen molar-refractivity contribution in [3.8, 4) is 0 Å². The van der Waals surface area contributed by atoms with Crippen LogP contribution in [0.2, 0.25) is 0 Å². The minimum atomic E-state index is -3.64. The normalized spacial score (nSPS) is 15.6. The smallest absolute Gasteiger partial charge is 0.261 e. The SMILES string of the molecule is CCN1CCN(c2ccccc2NS(=O)(=O)c2ccc(CCCCl)cc2)CC1. The first-order valence-corrected chi connectivity index (χ1v) is 11.8. The van der Waals surface area contributed by atoms with Crippen molar-refractivity contribution in [1.29, 1.82) is 0 Å². The van der Waals surface area contributed by atoms with E-state index in [0.29, 0.717) is 11.6 Å². The number of hydrogen-bond acceptors (Lipinski definition) is 4. The van der Waals surface area contributed by atoms with Crippen LogP contribution in [-0.4, -0.2) is 51.9 Å². The summed E-state index contributed by atoms with van der Waals surface area (Å²) in [6.07, 6.45) is 1.73. The molecule has 1 fully saturated rings. The Balaban J connectivity index is 1.76. The summed E-state index contributed by atoms with van der Waals surface area (Å²) >= 11 is 5.73. The van der Waals surface area contributed by atoms with E-state index >= 15 is 0 Å². The van der Waals surface area contributed by atoms with Gasteiger partial charge < -0.3 is 9.80 Å². The fourth-order valence-corrected chi connectivity index (χ4v) is 4.66. The third kappa shape index (κ3) is 5.19. The Morgan fingerprint density at radius 1 is 1.00 bits per heavy atom. The van der Waals surface area contributed by atoms with Crippen LogP contribution in [0.3, 0.4) is 0 Å². The summed E-state index contributed by atoms with van der Waals surface area (Å²) in [6.45, 7) is 6.97. The molecule has 5 nitrogen and oxygen atoms in total. The summed E-state index contributed by atoms with van der Waals surface area (Å²) in [5.74, 6) is 0.602. The second-order valence-electron chi connectivity index (χ2n) is 6.98. The number of rotatable bonds is 8. The summed E-state index contributed by atoms with van der Waals surface area (Å²) in [7, 11) is -3.64. The van der Waals surface area contributed by atoms with Gasteiger partial charge in [0.05, 0.1) is 16.3 Å². The standard InChI is InChI=1S/C21H28ClN3O2S/c1-2-24-14-16-25(17-15-24)21-8-4-3-7-20(21)23-28(26,27)19-11-9-18(10-12-19)6-5-13-22/h3-4,7-12,23H,2,5-6,13-17H2,1H3. The van der Waals surface area contributed by atoms with Gasteiger partial charge in [-0.2, -0.15) is 0 Å². The van der Waals surface area contributed by atoms with Gasteiger partial charge in [0.2, 0.25) is 0 Å². The third-order valence-corrected chi connectivity index (χ3v) is 6.79. The number of halogens is 1. The molecule has 1 aliphatic heterocycles. The second kappa shape index (κ2) is 9.63. The topological polar surface area (TPSA) is 52.6 Å². The number of nitrogens with zero attached hydrogens (tertiary/aromatic N) is 2. The number of piperazine rings is 1. The number of hydrogen-bond donors (Lipinski definition) is 1. The van der Waals surface area contributed by atoms with Crippen molar-refractivity contribution in [2.75, 3.05) is 48.2 Å².